The fourth-order valence-corrected chi connectivity index (χ4v) is 3.92. The Morgan fingerprint density at radius 3 is 2.73 bits per heavy atom. The summed E-state index contributed by atoms with van der Waals surface area (Å²) >= 11 is 8.00. The van der Waals surface area contributed by atoms with Gasteiger partial charge in [-0.2, -0.15) is 11.3 Å². The normalized spacial score (nSPS) is 17.1. The van der Waals surface area contributed by atoms with Crippen LogP contribution in [-0.2, 0) is 21.5 Å². The molecule has 116 valence electrons. The van der Waals surface area contributed by atoms with Gasteiger partial charge in [-0.05, 0) is 46.9 Å². The minimum atomic E-state index is -0.591. The van der Waals surface area contributed by atoms with Crippen LogP contribution in [0.1, 0.15) is 24.0 Å². The molecule has 1 fully saturated rings. The molecule has 2 aromatic rings. The Labute approximate surface area is 139 Å². The Hall–Kier alpha value is -1.36. The Morgan fingerprint density at radius 2 is 2.05 bits per heavy atom. The highest BCUT2D eigenvalue weighted by molar-refractivity contribution is 7.07. The van der Waals surface area contributed by atoms with Crippen molar-refractivity contribution >= 4 is 28.8 Å². The van der Waals surface area contributed by atoms with Gasteiger partial charge in [0.05, 0.1) is 5.41 Å². The van der Waals surface area contributed by atoms with E-state index in [2.05, 4.69) is 5.32 Å². The number of thiophene rings is 1. The molecule has 0 radical (unpaired) electrons. The maximum atomic E-state index is 12.9. The largest absolute Gasteiger partial charge is 0.381 e. The summed E-state index contributed by atoms with van der Waals surface area (Å²) in [5.74, 6) is 0.0371. The fraction of sp³-hybridized carbons (Fsp3) is 0.353. The van der Waals surface area contributed by atoms with E-state index in [4.69, 9.17) is 16.3 Å². The zero-order chi connectivity index (χ0) is 15.4. The molecule has 1 N–H and O–H groups in total. The molecule has 0 spiro atoms. The van der Waals surface area contributed by atoms with Crippen molar-refractivity contribution in [2.75, 3.05) is 13.2 Å². The van der Waals surface area contributed by atoms with E-state index in [1.807, 2.05) is 41.1 Å². The van der Waals surface area contributed by atoms with Crippen molar-refractivity contribution in [1.29, 1.82) is 0 Å². The topological polar surface area (TPSA) is 38.3 Å². The van der Waals surface area contributed by atoms with E-state index in [1.165, 1.54) is 0 Å². The molecule has 1 aliphatic rings. The Balaban J connectivity index is 1.85. The van der Waals surface area contributed by atoms with Gasteiger partial charge >= 0.3 is 0 Å². The number of hydrogen-bond donors (Lipinski definition) is 1. The standard InChI is InChI=1S/C17H18ClNO2S/c18-15-4-2-1-3-14(15)17(6-8-21-9-7-17)16(20)19-11-13-5-10-22-12-13/h1-5,10,12H,6-9,11H2,(H,19,20). The van der Waals surface area contributed by atoms with Crippen LogP contribution in [0.15, 0.2) is 41.1 Å². The van der Waals surface area contributed by atoms with E-state index >= 15 is 0 Å². The van der Waals surface area contributed by atoms with Crippen LogP contribution in [0.3, 0.4) is 0 Å². The molecule has 3 rings (SSSR count). The van der Waals surface area contributed by atoms with Crippen molar-refractivity contribution < 1.29 is 9.53 Å². The van der Waals surface area contributed by atoms with Gasteiger partial charge in [-0.3, -0.25) is 4.79 Å². The molecule has 1 aromatic carbocycles. The van der Waals surface area contributed by atoms with Crippen molar-refractivity contribution in [3.8, 4) is 0 Å². The van der Waals surface area contributed by atoms with Crippen molar-refractivity contribution in [2.45, 2.75) is 24.8 Å². The first-order valence-corrected chi connectivity index (χ1v) is 8.66. The molecular formula is C17H18ClNO2S. The van der Waals surface area contributed by atoms with E-state index < -0.39 is 5.41 Å². The first-order valence-electron chi connectivity index (χ1n) is 7.34. The lowest BCUT2D eigenvalue weighted by atomic mass is 9.73. The van der Waals surface area contributed by atoms with Gasteiger partial charge in [-0.15, -0.1) is 0 Å². The van der Waals surface area contributed by atoms with Crippen LogP contribution in [0.5, 0.6) is 0 Å². The van der Waals surface area contributed by atoms with E-state index in [-0.39, 0.29) is 5.91 Å². The van der Waals surface area contributed by atoms with E-state index in [1.54, 1.807) is 11.3 Å². The number of hydrogen-bond acceptors (Lipinski definition) is 3. The molecule has 0 unspecified atom stereocenters. The molecule has 0 atom stereocenters. The molecule has 0 saturated carbocycles. The minimum absolute atomic E-state index is 0.0371. The quantitative estimate of drug-likeness (QED) is 0.923. The summed E-state index contributed by atoms with van der Waals surface area (Å²) in [4.78, 5) is 12.9. The lowest BCUT2D eigenvalue weighted by Gasteiger charge is -2.36. The highest BCUT2D eigenvalue weighted by atomic mass is 35.5. The first-order chi connectivity index (χ1) is 10.7. The lowest BCUT2D eigenvalue weighted by molar-refractivity contribution is -0.130. The van der Waals surface area contributed by atoms with E-state index in [0.29, 0.717) is 37.6 Å². The van der Waals surface area contributed by atoms with E-state index in [9.17, 15) is 4.79 Å². The molecular weight excluding hydrogens is 318 g/mol. The van der Waals surface area contributed by atoms with Crippen molar-refractivity contribution in [2.24, 2.45) is 0 Å². The smallest absolute Gasteiger partial charge is 0.231 e. The van der Waals surface area contributed by atoms with Crippen LogP contribution in [0.2, 0.25) is 5.02 Å². The molecule has 3 nitrogen and oxygen atoms in total. The summed E-state index contributed by atoms with van der Waals surface area (Å²) in [6.07, 6.45) is 1.32. The van der Waals surface area contributed by atoms with Crippen molar-refractivity contribution in [3.63, 3.8) is 0 Å². The van der Waals surface area contributed by atoms with Crippen LogP contribution in [0, 0.1) is 0 Å². The highest BCUT2D eigenvalue weighted by Gasteiger charge is 2.42. The van der Waals surface area contributed by atoms with E-state index in [0.717, 1.165) is 11.1 Å². The number of carbonyl (C=O) groups excluding carboxylic acids is 1. The molecule has 0 bridgehead atoms. The predicted octanol–water partition coefficient (Wildman–Crippen LogP) is 3.77. The average Bonchev–Trinajstić information content (AvgIpc) is 3.07. The van der Waals surface area contributed by atoms with Crippen molar-refractivity contribution in [3.05, 3.63) is 57.2 Å². The second kappa shape index (κ2) is 6.82. The van der Waals surface area contributed by atoms with Gasteiger partial charge in [0.2, 0.25) is 5.91 Å². The maximum absolute atomic E-state index is 12.9. The average molecular weight is 336 g/mol. The van der Waals surface area contributed by atoms with Gasteiger partial charge in [-0.25, -0.2) is 0 Å². The molecule has 1 aromatic heterocycles. The molecule has 1 amide bonds. The molecule has 2 heterocycles. The first kappa shape index (κ1) is 15.5. The van der Waals surface area contributed by atoms with Crippen LogP contribution >= 0.6 is 22.9 Å². The third kappa shape index (κ3) is 3.05. The third-order valence-corrected chi connectivity index (χ3v) is 5.27. The summed E-state index contributed by atoms with van der Waals surface area (Å²) in [5.41, 5.74) is 1.44. The number of ether oxygens (including phenoxy) is 1. The van der Waals surface area contributed by atoms with Crippen LogP contribution < -0.4 is 5.32 Å². The third-order valence-electron chi connectivity index (χ3n) is 4.20. The lowest BCUT2D eigenvalue weighted by Crippen LogP contribution is -2.48. The highest BCUT2D eigenvalue weighted by Crippen LogP contribution is 2.38. The second-order valence-corrected chi connectivity index (χ2v) is 6.68. The number of benzene rings is 1. The summed E-state index contributed by atoms with van der Waals surface area (Å²) in [5, 5.41) is 7.78. The Kier molecular flexibility index (Phi) is 4.81. The Bertz CT molecular complexity index is 636. The van der Waals surface area contributed by atoms with Crippen LogP contribution in [-0.4, -0.2) is 19.1 Å². The molecule has 5 heteroatoms. The van der Waals surface area contributed by atoms with Gasteiger partial charge in [0.1, 0.15) is 0 Å². The summed E-state index contributed by atoms with van der Waals surface area (Å²) in [6, 6.07) is 9.65. The number of nitrogens with one attached hydrogen (secondary N) is 1. The van der Waals surface area contributed by atoms with Gasteiger partial charge in [-0.1, -0.05) is 29.8 Å². The van der Waals surface area contributed by atoms with Crippen molar-refractivity contribution in [1.82, 2.24) is 5.32 Å². The maximum Gasteiger partial charge on any atom is 0.231 e. The number of carbonyl (C=O) groups is 1. The minimum Gasteiger partial charge on any atom is -0.381 e. The molecule has 0 aliphatic carbocycles. The summed E-state index contributed by atoms with van der Waals surface area (Å²) < 4.78 is 5.47. The molecule has 1 saturated heterocycles. The molecule has 1 aliphatic heterocycles. The zero-order valence-corrected chi connectivity index (χ0v) is 13.8. The van der Waals surface area contributed by atoms with Crippen LogP contribution in [0.4, 0.5) is 0 Å². The predicted molar refractivity (Wildman–Crippen MR) is 89.3 cm³/mol. The van der Waals surface area contributed by atoms with Gasteiger partial charge in [0, 0.05) is 24.8 Å². The molecule has 22 heavy (non-hydrogen) atoms. The Morgan fingerprint density at radius 1 is 1.27 bits per heavy atom. The summed E-state index contributed by atoms with van der Waals surface area (Å²) in [6.45, 7) is 1.71. The van der Waals surface area contributed by atoms with Gasteiger partial charge in [0.25, 0.3) is 0 Å². The second-order valence-electron chi connectivity index (χ2n) is 5.49. The SMILES string of the molecule is O=C(NCc1ccsc1)C1(c2ccccc2Cl)CCOCC1. The zero-order valence-electron chi connectivity index (χ0n) is 12.2. The monoisotopic (exact) mass is 335 g/mol. The number of halogens is 1. The summed E-state index contributed by atoms with van der Waals surface area (Å²) in [7, 11) is 0. The fourth-order valence-electron chi connectivity index (χ4n) is 2.93. The van der Waals surface area contributed by atoms with Crippen LogP contribution in [0.25, 0.3) is 0 Å². The number of amides is 1. The van der Waals surface area contributed by atoms with Gasteiger partial charge in [0.15, 0.2) is 0 Å². The number of rotatable bonds is 4. The van der Waals surface area contributed by atoms with Gasteiger partial charge < -0.3 is 10.1 Å².